The number of aromatic nitrogens is 4. The number of tetrazole rings is 1. The van der Waals surface area contributed by atoms with Crippen LogP contribution in [0.3, 0.4) is 0 Å². The molecule has 0 aliphatic rings. The minimum atomic E-state index is 0.347. The molecule has 1 aromatic carbocycles. The highest BCUT2D eigenvalue weighted by molar-refractivity contribution is 5.80. The Morgan fingerprint density at radius 3 is 2.65 bits per heavy atom. The summed E-state index contributed by atoms with van der Waals surface area (Å²) < 4.78 is 0. The van der Waals surface area contributed by atoms with Crippen molar-refractivity contribution in [2.75, 3.05) is 5.43 Å². The summed E-state index contributed by atoms with van der Waals surface area (Å²) in [5.41, 5.74) is 5.00. The van der Waals surface area contributed by atoms with Crippen molar-refractivity contribution in [2.45, 2.75) is 19.8 Å². The Labute approximate surface area is 99.1 Å². The third kappa shape index (κ3) is 3.10. The van der Waals surface area contributed by atoms with Gasteiger partial charge in [0.05, 0.1) is 6.21 Å². The molecule has 6 heteroatoms. The maximum Gasteiger partial charge on any atom is 0.283 e. The maximum atomic E-state index is 4.00. The van der Waals surface area contributed by atoms with Gasteiger partial charge in [-0.1, -0.05) is 43.2 Å². The molecular weight excluding hydrogens is 216 g/mol. The van der Waals surface area contributed by atoms with Crippen molar-refractivity contribution in [2.24, 2.45) is 5.10 Å². The summed E-state index contributed by atoms with van der Waals surface area (Å²) in [5, 5.41) is 17.2. The number of H-pyrrole nitrogens is 1. The average Bonchev–Trinajstić information content (AvgIpc) is 2.83. The number of hydrazone groups is 1. The van der Waals surface area contributed by atoms with Crippen LogP contribution in [-0.2, 0) is 0 Å². The van der Waals surface area contributed by atoms with E-state index in [4.69, 9.17) is 0 Å². The lowest BCUT2D eigenvalue weighted by Crippen LogP contribution is -1.93. The standard InChI is InChI=1S/C11H14N6/c1-8(2)10-5-3-9(4-6-10)7-12-13-11-14-16-17-15-11/h3-8H,1-2H3,(H2,13,14,15,16,17). The van der Waals surface area contributed by atoms with E-state index in [9.17, 15) is 0 Å². The summed E-state index contributed by atoms with van der Waals surface area (Å²) in [7, 11) is 0. The third-order valence-corrected chi connectivity index (χ3v) is 2.33. The first-order valence-electron chi connectivity index (χ1n) is 5.38. The molecule has 2 aromatic rings. The zero-order chi connectivity index (χ0) is 12.1. The van der Waals surface area contributed by atoms with Gasteiger partial charge in [-0.2, -0.15) is 10.3 Å². The zero-order valence-corrected chi connectivity index (χ0v) is 9.75. The van der Waals surface area contributed by atoms with Crippen LogP contribution >= 0.6 is 0 Å². The van der Waals surface area contributed by atoms with Crippen LogP contribution in [0, 0.1) is 0 Å². The van der Waals surface area contributed by atoms with Gasteiger partial charge in [-0.15, -0.1) is 5.10 Å². The highest BCUT2D eigenvalue weighted by Gasteiger charge is 1.97. The van der Waals surface area contributed by atoms with Gasteiger partial charge in [0, 0.05) is 0 Å². The number of aromatic amines is 1. The number of anilines is 1. The number of rotatable bonds is 4. The fraction of sp³-hybridized carbons (Fsp3) is 0.273. The summed E-state index contributed by atoms with van der Waals surface area (Å²) in [4.78, 5) is 0. The molecule has 0 bridgehead atoms. The Bertz CT molecular complexity index is 471. The first kappa shape index (κ1) is 11.3. The molecule has 0 fully saturated rings. The van der Waals surface area contributed by atoms with Gasteiger partial charge in [0.15, 0.2) is 0 Å². The Balaban J connectivity index is 1.96. The van der Waals surface area contributed by atoms with Gasteiger partial charge in [-0.05, 0) is 22.3 Å². The van der Waals surface area contributed by atoms with E-state index >= 15 is 0 Å². The molecule has 0 atom stereocenters. The van der Waals surface area contributed by atoms with Crippen LogP contribution in [0.25, 0.3) is 0 Å². The molecule has 1 aromatic heterocycles. The first-order valence-corrected chi connectivity index (χ1v) is 5.38. The van der Waals surface area contributed by atoms with Gasteiger partial charge in [0.25, 0.3) is 5.95 Å². The van der Waals surface area contributed by atoms with Crippen molar-refractivity contribution in [3.05, 3.63) is 35.4 Å². The minimum absolute atomic E-state index is 0.347. The van der Waals surface area contributed by atoms with E-state index in [0.717, 1.165) is 5.56 Å². The van der Waals surface area contributed by atoms with Gasteiger partial charge in [0.2, 0.25) is 0 Å². The normalized spacial score (nSPS) is 11.2. The third-order valence-electron chi connectivity index (χ3n) is 2.33. The van der Waals surface area contributed by atoms with Gasteiger partial charge >= 0.3 is 0 Å². The highest BCUT2D eigenvalue weighted by atomic mass is 15.5. The fourth-order valence-corrected chi connectivity index (χ4v) is 1.34. The predicted molar refractivity (Wildman–Crippen MR) is 65.9 cm³/mol. The largest absolute Gasteiger partial charge is 0.283 e. The van der Waals surface area contributed by atoms with Crippen molar-refractivity contribution in [1.82, 2.24) is 20.6 Å². The SMILES string of the molecule is CC(C)c1ccc(C=NNc2nn[nH]n2)cc1. The average molecular weight is 230 g/mol. The Morgan fingerprint density at radius 2 is 2.06 bits per heavy atom. The molecule has 0 spiro atoms. The quantitative estimate of drug-likeness (QED) is 0.619. The topological polar surface area (TPSA) is 78.9 Å². The molecule has 2 N–H and O–H groups in total. The Morgan fingerprint density at radius 1 is 1.29 bits per heavy atom. The first-order chi connectivity index (χ1) is 8.25. The van der Waals surface area contributed by atoms with E-state index in [-0.39, 0.29) is 0 Å². The van der Waals surface area contributed by atoms with Gasteiger partial charge in [-0.3, -0.25) is 0 Å². The van der Waals surface area contributed by atoms with Crippen molar-refractivity contribution in [1.29, 1.82) is 0 Å². The smallest absolute Gasteiger partial charge is 0.243 e. The number of hydrogen-bond donors (Lipinski definition) is 2. The maximum absolute atomic E-state index is 4.00. The summed E-state index contributed by atoms with van der Waals surface area (Å²) >= 11 is 0. The van der Waals surface area contributed by atoms with E-state index in [1.807, 2.05) is 12.1 Å². The van der Waals surface area contributed by atoms with Crippen molar-refractivity contribution >= 4 is 12.2 Å². The lowest BCUT2D eigenvalue weighted by molar-refractivity contribution is 0.866. The molecule has 2 rings (SSSR count). The second-order valence-electron chi connectivity index (χ2n) is 3.93. The molecule has 1 heterocycles. The van der Waals surface area contributed by atoms with Crippen LogP contribution in [-0.4, -0.2) is 26.8 Å². The van der Waals surface area contributed by atoms with E-state index in [0.29, 0.717) is 11.9 Å². The van der Waals surface area contributed by atoms with Crippen molar-refractivity contribution in [3.63, 3.8) is 0 Å². The van der Waals surface area contributed by atoms with Crippen LogP contribution in [0.1, 0.15) is 30.9 Å². The predicted octanol–water partition coefficient (Wildman–Crippen LogP) is 1.77. The second kappa shape index (κ2) is 5.20. The molecule has 0 saturated carbocycles. The molecule has 6 nitrogen and oxygen atoms in total. The molecule has 88 valence electrons. The second-order valence-corrected chi connectivity index (χ2v) is 3.93. The number of hydrogen-bond acceptors (Lipinski definition) is 5. The van der Waals surface area contributed by atoms with E-state index in [1.54, 1.807) is 6.21 Å². The van der Waals surface area contributed by atoms with Crippen molar-refractivity contribution < 1.29 is 0 Å². The molecule has 0 aliphatic heterocycles. The van der Waals surface area contributed by atoms with Gasteiger partial charge < -0.3 is 0 Å². The van der Waals surface area contributed by atoms with Gasteiger partial charge in [-0.25, -0.2) is 5.43 Å². The molecular formula is C11H14N6. The van der Waals surface area contributed by atoms with E-state index in [1.165, 1.54) is 5.56 Å². The number of nitrogens with zero attached hydrogens (tertiary/aromatic N) is 4. The summed E-state index contributed by atoms with van der Waals surface area (Å²) in [6.07, 6.45) is 1.71. The van der Waals surface area contributed by atoms with Crippen LogP contribution in [0.15, 0.2) is 29.4 Å². The van der Waals surface area contributed by atoms with Crippen LogP contribution in [0.2, 0.25) is 0 Å². The molecule has 0 amide bonds. The fourth-order valence-electron chi connectivity index (χ4n) is 1.34. The molecule has 0 saturated heterocycles. The summed E-state index contributed by atoms with van der Waals surface area (Å²) in [5.74, 6) is 0.887. The molecule has 17 heavy (non-hydrogen) atoms. The summed E-state index contributed by atoms with van der Waals surface area (Å²) in [6, 6.07) is 8.24. The minimum Gasteiger partial charge on any atom is -0.243 e. The highest BCUT2D eigenvalue weighted by Crippen LogP contribution is 2.13. The molecule has 0 unspecified atom stereocenters. The van der Waals surface area contributed by atoms with Crippen molar-refractivity contribution in [3.8, 4) is 0 Å². The van der Waals surface area contributed by atoms with E-state index < -0.39 is 0 Å². The molecule has 0 radical (unpaired) electrons. The Kier molecular flexibility index (Phi) is 3.44. The summed E-state index contributed by atoms with van der Waals surface area (Å²) in [6.45, 7) is 4.34. The number of benzene rings is 1. The van der Waals surface area contributed by atoms with Gasteiger partial charge in [0.1, 0.15) is 0 Å². The molecule has 0 aliphatic carbocycles. The zero-order valence-electron chi connectivity index (χ0n) is 9.75. The van der Waals surface area contributed by atoms with Crippen LogP contribution in [0.5, 0.6) is 0 Å². The number of nitrogens with one attached hydrogen (secondary N) is 2. The Hall–Kier alpha value is -2.24. The monoisotopic (exact) mass is 230 g/mol. The van der Waals surface area contributed by atoms with Crippen LogP contribution in [0.4, 0.5) is 5.95 Å². The lowest BCUT2D eigenvalue weighted by Gasteiger charge is -2.04. The van der Waals surface area contributed by atoms with E-state index in [2.05, 4.69) is 57.1 Å². The lowest BCUT2D eigenvalue weighted by atomic mass is 10.0. The van der Waals surface area contributed by atoms with Crippen LogP contribution < -0.4 is 5.43 Å².